The van der Waals surface area contributed by atoms with Gasteiger partial charge in [-0.1, -0.05) is 18.5 Å². The second-order valence-corrected chi connectivity index (χ2v) is 10.4. The molecule has 2 saturated heterocycles. The number of sulfonamides is 1. The van der Waals surface area contributed by atoms with Crippen molar-refractivity contribution in [2.45, 2.75) is 43.9 Å². The van der Waals surface area contributed by atoms with Crippen molar-refractivity contribution in [1.29, 1.82) is 0 Å². The van der Waals surface area contributed by atoms with E-state index in [9.17, 15) is 18.0 Å². The summed E-state index contributed by atoms with van der Waals surface area (Å²) in [7, 11) is -3.67. The van der Waals surface area contributed by atoms with Crippen molar-refractivity contribution in [3.8, 4) is 0 Å². The summed E-state index contributed by atoms with van der Waals surface area (Å²) in [6, 6.07) is 6.09. The maximum Gasteiger partial charge on any atom is 0.243 e. The number of piperidine rings is 2. The fourth-order valence-corrected chi connectivity index (χ4v) is 5.81. The number of nitrogens with one attached hydrogen (secondary N) is 1. The first-order chi connectivity index (χ1) is 14.3. The molecule has 0 saturated carbocycles. The van der Waals surface area contributed by atoms with Gasteiger partial charge in [-0.25, -0.2) is 8.42 Å². The Hall–Kier alpha value is -1.64. The Balaban J connectivity index is 1.65. The topological polar surface area (TPSA) is 86.8 Å². The Kier molecular flexibility index (Phi) is 7.76. The number of carbonyl (C=O) groups is 2. The normalized spacial score (nSPS) is 23.2. The van der Waals surface area contributed by atoms with E-state index in [0.29, 0.717) is 44.0 Å². The number of likely N-dealkylation sites (tertiary alicyclic amines) is 1. The van der Waals surface area contributed by atoms with Gasteiger partial charge in [0.05, 0.1) is 16.7 Å². The van der Waals surface area contributed by atoms with E-state index in [1.54, 1.807) is 17.0 Å². The van der Waals surface area contributed by atoms with Gasteiger partial charge in [0, 0.05) is 37.7 Å². The lowest BCUT2D eigenvalue weighted by atomic mass is 9.93. The average Bonchev–Trinajstić information content (AvgIpc) is 2.77. The molecule has 2 aliphatic rings. The van der Waals surface area contributed by atoms with E-state index in [2.05, 4.69) is 5.32 Å². The third-order valence-corrected chi connectivity index (χ3v) is 7.97. The summed E-state index contributed by atoms with van der Waals surface area (Å²) in [4.78, 5) is 27.4. The molecule has 1 aromatic rings. The van der Waals surface area contributed by atoms with Crippen LogP contribution in [0.1, 0.15) is 39.0 Å². The van der Waals surface area contributed by atoms with Gasteiger partial charge in [-0.05, 0) is 56.4 Å². The van der Waals surface area contributed by atoms with Crippen molar-refractivity contribution in [3.05, 3.63) is 29.3 Å². The van der Waals surface area contributed by atoms with E-state index in [4.69, 9.17) is 11.6 Å². The fourth-order valence-electron chi connectivity index (χ4n) is 4.16. The van der Waals surface area contributed by atoms with Gasteiger partial charge in [0.25, 0.3) is 0 Å². The van der Waals surface area contributed by atoms with Gasteiger partial charge in [-0.15, -0.1) is 0 Å². The first kappa shape index (κ1) is 23.0. The van der Waals surface area contributed by atoms with Crippen LogP contribution in [0.15, 0.2) is 29.2 Å². The standard InChI is InChI=1S/C21H30ClN3O4S/c1-2-11-23-20(26)16-5-3-12-24(14-16)21(27)17-6-4-13-25(15-17)30(28,29)19-9-7-18(22)8-10-19/h7-10,16-17H,2-6,11-15H2,1H3,(H,23,26). The van der Waals surface area contributed by atoms with Crippen LogP contribution < -0.4 is 5.32 Å². The Morgan fingerprint density at radius 2 is 1.73 bits per heavy atom. The largest absolute Gasteiger partial charge is 0.356 e. The zero-order valence-corrected chi connectivity index (χ0v) is 18.9. The monoisotopic (exact) mass is 455 g/mol. The zero-order chi connectivity index (χ0) is 21.7. The molecule has 2 aliphatic heterocycles. The molecular weight excluding hydrogens is 426 g/mol. The molecule has 30 heavy (non-hydrogen) atoms. The minimum atomic E-state index is -3.67. The van der Waals surface area contributed by atoms with Gasteiger partial charge in [0.2, 0.25) is 21.8 Å². The molecule has 3 rings (SSSR count). The molecule has 1 N–H and O–H groups in total. The van der Waals surface area contributed by atoms with E-state index in [0.717, 1.165) is 19.3 Å². The predicted molar refractivity (Wildman–Crippen MR) is 116 cm³/mol. The van der Waals surface area contributed by atoms with E-state index < -0.39 is 10.0 Å². The Morgan fingerprint density at radius 1 is 1.07 bits per heavy atom. The lowest BCUT2D eigenvalue weighted by molar-refractivity contribution is -0.140. The summed E-state index contributed by atoms with van der Waals surface area (Å²) in [5.74, 6) is -0.603. The fraction of sp³-hybridized carbons (Fsp3) is 0.619. The molecule has 166 valence electrons. The molecule has 1 aromatic carbocycles. The Labute approximate surface area is 183 Å². The van der Waals surface area contributed by atoms with Gasteiger partial charge in [0.1, 0.15) is 0 Å². The summed E-state index contributed by atoms with van der Waals surface area (Å²) in [5, 5.41) is 3.39. The molecule has 2 atom stereocenters. The van der Waals surface area contributed by atoms with Gasteiger partial charge < -0.3 is 10.2 Å². The van der Waals surface area contributed by atoms with Crippen LogP contribution >= 0.6 is 11.6 Å². The maximum absolute atomic E-state index is 13.1. The number of nitrogens with zero attached hydrogens (tertiary/aromatic N) is 2. The van der Waals surface area contributed by atoms with Crippen LogP contribution in [0.3, 0.4) is 0 Å². The van der Waals surface area contributed by atoms with Crippen molar-refractivity contribution in [3.63, 3.8) is 0 Å². The Bertz CT molecular complexity index is 860. The summed E-state index contributed by atoms with van der Waals surface area (Å²) in [6.07, 6.45) is 3.74. The molecule has 2 fully saturated rings. The molecule has 7 nitrogen and oxygen atoms in total. The molecule has 0 aromatic heterocycles. The summed E-state index contributed by atoms with van der Waals surface area (Å²) in [6.45, 7) is 4.25. The molecule has 2 heterocycles. The smallest absolute Gasteiger partial charge is 0.243 e. The maximum atomic E-state index is 13.1. The molecule has 2 amide bonds. The minimum absolute atomic E-state index is 0.00457. The lowest BCUT2D eigenvalue weighted by Gasteiger charge is -2.37. The van der Waals surface area contributed by atoms with Crippen molar-refractivity contribution in [2.24, 2.45) is 11.8 Å². The zero-order valence-electron chi connectivity index (χ0n) is 17.3. The summed E-state index contributed by atoms with van der Waals surface area (Å²) >= 11 is 5.87. The summed E-state index contributed by atoms with van der Waals surface area (Å²) in [5.41, 5.74) is 0. The molecule has 0 radical (unpaired) electrons. The lowest BCUT2D eigenvalue weighted by Crippen LogP contribution is -2.51. The number of amides is 2. The van der Waals surface area contributed by atoms with Gasteiger partial charge >= 0.3 is 0 Å². The molecule has 9 heteroatoms. The highest BCUT2D eigenvalue weighted by Crippen LogP contribution is 2.27. The van der Waals surface area contributed by atoms with Crippen molar-refractivity contribution < 1.29 is 18.0 Å². The highest BCUT2D eigenvalue weighted by molar-refractivity contribution is 7.89. The number of halogens is 1. The highest BCUT2D eigenvalue weighted by atomic mass is 35.5. The molecular formula is C21H30ClN3O4S. The number of carbonyl (C=O) groups excluding carboxylic acids is 2. The van der Waals surface area contributed by atoms with E-state index >= 15 is 0 Å². The minimum Gasteiger partial charge on any atom is -0.356 e. The predicted octanol–water partition coefficient (Wildman–Crippen LogP) is 2.51. The van der Waals surface area contributed by atoms with Gasteiger partial charge in [-0.3, -0.25) is 9.59 Å². The van der Waals surface area contributed by atoms with Crippen LogP contribution in [0.4, 0.5) is 0 Å². The van der Waals surface area contributed by atoms with Crippen LogP contribution in [-0.4, -0.2) is 62.2 Å². The average molecular weight is 456 g/mol. The van der Waals surface area contributed by atoms with Crippen LogP contribution in [0, 0.1) is 11.8 Å². The molecule has 0 spiro atoms. The van der Waals surface area contributed by atoms with Gasteiger partial charge in [0.15, 0.2) is 0 Å². The second-order valence-electron chi connectivity index (χ2n) is 8.07. The van der Waals surface area contributed by atoms with E-state index in [-0.39, 0.29) is 35.1 Å². The van der Waals surface area contributed by atoms with Crippen molar-refractivity contribution in [1.82, 2.24) is 14.5 Å². The van der Waals surface area contributed by atoms with Crippen LogP contribution in [0.25, 0.3) is 0 Å². The third-order valence-electron chi connectivity index (χ3n) is 5.84. The summed E-state index contributed by atoms with van der Waals surface area (Å²) < 4.78 is 27.4. The Morgan fingerprint density at radius 3 is 2.43 bits per heavy atom. The van der Waals surface area contributed by atoms with E-state index in [1.165, 1.54) is 16.4 Å². The first-order valence-electron chi connectivity index (χ1n) is 10.6. The molecule has 2 unspecified atom stereocenters. The highest BCUT2D eigenvalue weighted by Gasteiger charge is 2.37. The third kappa shape index (κ3) is 5.34. The first-order valence-corrected chi connectivity index (χ1v) is 12.5. The van der Waals surface area contributed by atoms with Crippen molar-refractivity contribution in [2.75, 3.05) is 32.7 Å². The van der Waals surface area contributed by atoms with Crippen LogP contribution in [0.2, 0.25) is 5.02 Å². The number of hydrogen-bond acceptors (Lipinski definition) is 4. The number of rotatable bonds is 6. The van der Waals surface area contributed by atoms with E-state index in [1.807, 2.05) is 6.92 Å². The van der Waals surface area contributed by atoms with Crippen molar-refractivity contribution >= 4 is 33.4 Å². The van der Waals surface area contributed by atoms with Crippen LogP contribution in [-0.2, 0) is 19.6 Å². The molecule has 0 bridgehead atoms. The quantitative estimate of drug-likeness (QED) is 0.714. The number of hydrogen-bond donors (Lipinski definition) is 1. The molecule has 0 aliphatic carbocycles. The van der Waals surface area contributed by atoms with Crippen LogP contribution in [0.5, 0.6) is 0 Å². The van der Waals surface area contributed by atoms with Gasteiger partial charge in [-0.2, -0.15) is 4.31 Å². The number of benzene rings is 1. The second kappa shape index (κ2) is 10.1. The SMILES string of the molecule is CCCNC(=O)C1CCCN(C(=O)C2CCCN(S(=O)(=O)c3ccc(Cl)cc3)C2)C1.